The fourth-order valence-corrected chi connectivity index (χ4v) is 1.77. The van der Waals surface area contributed by atoms with Crippen LogP contribution in [0.4, 0.5) is 5.82 Å². The molecule has 2 rings (SSSR count). The number of hydrogen-bond donors (Lipinski definition) is 2. The summed E-state index contributed by atoms with van der Waals surface area (Å²) in [7, 11) is 1.54. The molecule has 110 valence electrons. The molecule has 0 spiro atoms. The van der Waals surface area contributed by atoms with Crippen LogP contribution in [-0.4, -0.2) is 29.5 Å². The number of hydrogen-bond acceptors (Lipinski definition) is 5. The molecule has 1 heterocycles. The standard InChI is InChI=1S/C15H18N4O2/c1-11-18-13(8-15(19-11)21-2)16-10-14(20)17-9-12-6-4-3-5-7-12/h3-8H,9-10H2,1-2H3,(H,17,20)(H,16,18,19). The van der Waals surface area contributed by atoms with E-state index < -0.39 is 0 Å². The minimum absolute atomic E-state index is 0.103. The maximum atomic E-state index is 11.8. The van der Waals surface area contributed by atoms with Crippen LogP contribution in [0.15, 0.2) is 36.4 Å². The molecule has 0 saturated heterocycles. The molecule has 21 heavy (non-hydrogen) atoms. The quantitative estimate of drug-likeness (QED) is 0.842. The van der Waals surface area contributed by atoms with Crippen molar-refractivity contribution in [1.82, 2.24) is 15.3 Å². The lowest BCUT2D eigenvalue weighted by Gasteiger charge is -2.08. The second-order valence-electron chi connectivity index (χ2n) is 4.46. The molecule has 0 aliphatic rings. The van der Waals surface area contributed by atoms with E-state index in [4.69, 9.17) is 4.74 Å². The summed E-state index contributed by atoms with van der Waals surface area (Å²) in [4.78, 5) is 20.1. The van der Waals surface area contributed by atoms with Gasteiger partial charge in [0.1, 0.15) is 11.6 Å². The molecule has 0 unspecified atom stereocenters. The van der Waals surface area contributed by atoms with E-state index >= 15 is 0 Å². The van der Waals surface area contributed by atoms with E-state index in [0.29, 0.717) is 24.1 Å². The zero-order valence-corrected chi connectivity index (χ0v) is 12.1. The van der Waals surface area contributed by atoms with Crippen molar-refractivity contribution in [1.29, 1.82) is 0 Å². The molecular formula is C15H18N4O2. The van der Waals surface area contributed by atoms with Crippen LogP contribution in [0.2, 0.25) is 0 Å². The second kappa shape index (κ2) is 7.23. The van der Waals surface area contributed by atoms with E-state index in [0.717, 1.165) is 5.56 Å². The first-order valence-electron chi connectivity index (χ1n) is 6.61. The summed E-state index contributed by atoms with van der Waals surface area (Å²) in [5.74, 6) is 1.51. The third-order valence-corrected chi connectivity index (χ3v) is 2.79. The van der Waals surface area contributed by atoms with E-state index in [1.54, 1.807) is 13.0 Å². The monoisotopic (exact) mass is 286 g/mol. The number of anilines is 1. The van der Waals surface area contributed by atoms with Crippen LogP contribution in [0.1, 0.15) is 11.4 Å². The number of benzene rings is 1. The predicted molar refractivity (Wildman–Crippen MR) is 80.1 cm³/mol. The lowest BCUT2D eigenvalue weighted by Crippen LogP contribution is -2.29. The van der Waals surface area contributed by atoms with E-state index in [-0.39, 0.29) is 12.5 Å². The number of nitrogens with one attached hydrogen (secondary N) is 2. The average molecular weight is 286 g/mol. The van der Waals surface area contributed by atoms with Gasteiger partial charge in [0.25, 0.3) is 0 Å². The van der Waals surface area contributed by atoms with Crippen LogP contribution < -0.4 is 15.4 Å². The van der Waals surface area contributed by atoms with Crippen molar-refractivity contribution in [3.63, 3.8) is 0 Å². The Morgan fingerprint density at radius 2 is 2.00 bits per heavy atom. The van der Waals surface area contributed by atoms with Crippen molar-refractivity contribution >= 4 is 11.7 Å². The highest BCUT2D eigenvalue weighted by Gasteiger charge is 2.05. The number of aromatic nitrogens is 2. The van der Waals surface area contributed by atoms with Crippen molar-refractivity contribution < 1.29 is 9.53 Å². The van der Waals surface area contributed by atoms with Gasteiger partial charge in [-0.2, -0.15) is 4.98 Å². The lowest BCUT2D eigenvalue weighted by molar-refractivity contribution is -0.119. The first-order chi connectivity index (χ1) is 10.2. The Bertz CT molecular complexity index is 602. The van der Waals surface area contributed by atoms with E-state index in [9.17, 15) is 4.79 Å². The van der Waals surface area contributed by atoms with Gasteiger partial charge in [-0.05, 0) is 12.5 Å². The summed E-state index contributed by atoms with van der Waals surface area (Å²) in [6.07, 6.45) is 0. The Kier molecular flexibility index (Phi) is 5.09. The molecule has 6 heteroatoms. The number of rotatable bonds is 6. The summed E-state index contributed by atoms with van der Waals surface area (Å²) in [5, 5.41) is 5.79. The Morgan fingerprint density at radius 3 is 2.71 bits per heavy atom. The molecule has 2 aromatic rings. The largest absolute Gasteiger partial charge is 0.481 e. The SMILES string of the molecule is COc1cc(NCC(=O)NCc2ccccc2)nc(C)n1. The molecule has 0 aliphatic heterocycles. The first-order valence-corrected chi connectivity index (χ1v) is 6.61. The molecule has 2 N–H and O–H groups in total. The van der Waals surface area contributed by atoms with Crippen molar-refractivity contribution in [3.05, 3.63) is 47.8 Å². The van der Waals surface area contributed by atoms with Gasteiger partial charge < -0.3 is 15.4 Å². The van der Waals surface area contributed by atoms with Crippen LogP contribution in [0, 0.1) is 6.92 Å². The normalized spacial score (nSPS) is 10.0. The summed E-state index contributed by atoms with van der Waals surface area (Å²) in [6.45, 7) is 2.42. The third-order valence-electron chi connectivity index (χ3n) is 2.79. The van der Waals surface area contributed by atoms with Gasteiger partial charge in [0.15, 0.2) is 0 Å². The molecule has 1 aromatic heterocycles. The Hall–Kier alpha value is -2.63. The van der Waals surface area contributed by atoms with Gasteiger partial charge in [0.05, 0.1) is 13.7 Å². The van der Waals surface area contributed by atoms with Gasteiger partial charge in [-0.3, -0.25) is 4.79 Å². The lowest BCUT2D eigenvalue weighted by atomic mass is 10.2. The Labute approximate surface area is 123 Å². The van der Waals surface area contributed by atoms with Crippen LogP contribution in [0.5, 0.6) is 5.88 Å². The first kappa shape index (κ1) is 14.8. The maximum Gasteiger partial charge on any atom is 0.239 e. The van der Waals surface area contributed by atoms with Gasteiger partial charge >= 0.3 is 0 Å². The molecule has 6 nitrogen and oxygen atoms in total. The molecule has 0 atom stereocenters. The number of ether oxygens (including phenoxy) is 1. The van der Waals surface area contributed by atoms with Gasteiger partial charge in [0.2, 0.25) is 11.8 Å². The van der Waals surface area contributed by atoms with Crippen LogP contribution in [-0.2, 0) is 11.3 Å². The van der Waals surface area contributed by atoms with Crippen molar-refractivity contribution in [2.24, 2.45) is 0 Å². The summed E-state index contributed by atoms with van der Waals surface area (Å²) in [5.41, 5.74) is 1.06. The molecule has 0 radical (unpaired) electrons. The van der Waals surface area contributed by atoms with E-state index in [1.807, 2.05) is 30.3 Å². The Balaban J connectivity index is 1.82. The van der Waals surface area contributed by atoms with Crippen LogP contribution in [0.3, 0.4) is 0 Å². The minimum atomic E-state index is -0.103. The predicted octanol–water partition coefficient (Wildman–Crippen LogP) is 1.52. The molecule has 1 aromatic carbocycles. The number of carbonyl (C=O) groups is 1. The van der Waals surface area contributed by atoms with Gasteiger partial charge in [-0.1, -0.05) is 30.3 Å². The average Bonchev–Trinajstić information content (AvgIpc) is 2.51. The van der Waals surface area contributed by atoms with Crippen molar-refractivity contribution in [2.75, 3.05) is 19.0 Å². The van der Waals surface area contributed by atoms with Crippen LogP contribution >= 0.6 is 0 Å². The smallest absolute Gasteiger partial charge is 0.239 e. The number of aryl methyl sites for hydroxylation is 1. The summed E-state index contributed by atoms with van der Waals surface area (Å²) >= 11 is 0. The third kappa shape index (κ3) is 4.76. The molecule has 1 amide bonds. The van der Waals surface area contributed by atoms with Crippen molar-refractivity contribution in [3.8, 4) is 5.88 Å². The minimum Gasteiger partial charge on any atom is -0.481 e. The van der Waals surface area contributed by atoms with Gasteiger partial charge in [-0.25, -0.2) is 4.98 Å². The number of nitrogens with zero attached hydrogens (tertiary/aromatic N) is 2. The van der Waals surface area contributed by atoms with E-state index in [2.05, 4.69) is 20.6 Å². The summed E-state index contributed by atoms with van der Waals surface area (Å²) in [6, 6.07) is 11.4. The van der Waals surface area contributed by atoms with Gasteiger partial charge in [-0.15, -0.1) is 0 Å². The zero-order valence-electron chi connectivity index (χ0n) is 12.1. The number of methoxy groups -OCH3 is 1. The van der Waals surface area contributed by atoms with Crippen molar-refractivity contribution in [2.45, 2.75) is 13.5 Å². The fraction of sp³-hybridized carbons (Fsp3) is 0.267. The van der Waals surface area contributed by atoms with Crippen LogP contribution in [0.25, 0.3) is 0 Å². The second-order valence-corrected chi connectivity index (χ2v) is 4.46. The molecule has 0 saturated carbocycles. The molecule has 0 bridgehead atoms. The van der Waals surface area contributed by atoms with E-state index in [1.165, 1.54) is 7.11 Å². The fourth-order valence-electron chi connectivity index (χ4n) is 1.77. The number of carbonyl (C=O) groups excluding carboxylic acids is 1. The zero-order chi connectivity index (χ0) is 15.1. The van der Waals surface area contributed by atoms with Gasteiger partial charge in [0, 0.05) is 12.6 Å². The summed E-state index contributed by atoms with van der Waals surface area (Å²) < 4.78 is 5.06. The molecule has 0 fully saturated rings. The molecular weight excluding hydrogens is 268 g/mol. The number of amides is 1. The maximum absolute atomic E-state index is 11.8. The highest BCUT2D eigenvalue weighted by Crippen LogP contribution is 2.12. The highest BCUT2D eigenvalue weighted by molar-refractivity contribution is 5.80. The Morgan fingerprint density at radius 1 is 1.24 bits per heavy atom. The molecule has 0 aliphatic carbocycles. The topological polar surface area (TPSA) is 76.1 Å². The highest BCUT2D eigenvalue weighted by atomic mass is 16.5.